The summed E-state index contributed by atoms with van der Waals surface area (Å²) < 4.78 is 0. The Labute approximate surface area is 95.5 Å². The lowest BCUT2D eigenvalue weighted by Crippen LogP contribution is -2.39. The summed E-state index contributed by atoms with van der Waals surface area (Å²) in [5.74, 6) is -0.407. The van der Waals surface area contributed by atoms with Gasteiger partial charge in [0.2, 0.25) is 0 Å². The summed E-state index contributed by atoms with van der Waals surface area (Å²) >= 11 is 0. The molecule has 4 nitrogen and oxygen atoms in total. The minimum atomic E-state index is -1.12. The fraction of sp³-hybridized carbons (Fsp3) is 0.417. The van der Waals surface area contributed by atoms with Crippen LogP contribution in [0.2, 0.25) is 0 Å². The molecular formula is C12H18N2O2. The van der Waals surface area contributed by atoms with Crippen molar-refractivity contribution in [3.05, 3.63) is 35.9 Å². The molecule has 0 heterocycles. The molecule has 0 aliphatic heterocycles. The van der Waals surface area contributed by atoms with Crippen molar-refractivity contribution in [2.24, 2.45) is 5.73 Å². The van der Waals surface area contributed by atoms with Crippen LogP contribution >= 0.6 is 0 Å². The molecule has 0 spiro atoms. The lowest BCUT2D eigenvalue weighted by atomic mass is 10.1. The Morgan fingerprint density at radius 3 is 2.62 bits per heavy atom. The standard InChI is InChI=1S/C12H18N2O2/c1-2-10(13)8-14-12(16)11(15)9-6-4-3-5-7-9/h3-7,10-11,15H,2,8,13H2,1H3,(H,14,16). The molecular weight excluding hydrogens is 204 g/mol. The molecule has 4 N–H and O–H groups in total. The molecule has 0 aromatic heterocycles. The van der Waals surface area contributed by atoms with Gasteiger partial charge in [0.15, 0.2) is 6.10 Å². The van der Waals surface area contributed by atoms with E-state index in [0.29, 0.717) is 12.1 Å². The van der Waals surface area contributed by atoms with Gasteiger partial charge in [-0.3, -0.25) is 4.79 Å². The quantitative estimate of drug-likeness (QED) is 0.682. The Kier molecular flexibility index (Phi) is 4.95. The first-order chi connectivity index (χ1) is 7.65. The molecule has 0 saturated heterocycles. The highest BCUT2D eigenvalue weighted by atomic mass is 16.3. The van der Waals surface area contributed by atoms with Crippen LogP contribution < -0.4 is 11.1 Å². The summed E-state index contributed by atoms with van der Waals surface area (Å²) in [6.07, 6.45) is -0.327. The Balaban J connectivity index is 2.49. The van der Waals surface area contributed by atoms with Gasteiger partial charge in [-0.2, -0.15) is 0 Å². The predicted octanol–water partition coefficient (Wildman–Crippen LogP) is 0.573. The van der Waals surface area contributed by atoms with Crippen molar-refractivity contribution in [3.63, 3.8) is 0 Å². The van der Waals surface area contributed by atoms with Crippen LogP contribution in [-0.2, 0) is 4.79 Å². The van der Waals surface area contributed by atoms with Crippen LogP contribution in [0.1, 0.15) is 25.0 Å². The molecule has 0 fully saturated rings. The molecule has 1 rings (SSSR count). The second kappa shape index (κ2) is 6.25. The number of nitrogens with two attached hydrogens (primary N) is 1. The Bertz CT molecular complexity index is 327. The van der Waals surface area contributed by atoms with E-state index in [0.717, 1.165) is 6.42 Å². The Hall–Kier alpha value is -1.39. The second-order valence-electron chi connectivity index (χ2n) is 3.73. The molecule has 16 heavy (non-hydrogen) atoms. The third-order valence-corrected chi connectivity index (χ3v) is 2.43. The highest BCUT2D eigenvalue weighted by molar-refractivity contribution is 5.81. The summed E-state index contributed by atoms with van der Waals surface area (Å²) in [5.41, 5.74) is 6.25. The van der Waals surface area contributed by atoms with Crippen LogP contribution in [0, 0.1) is 0 Å². The van der Waals surface area contributed by atoms with Gasteiger partial charge < -0.3 is 16.2 Å². The highest BCUT2D eigenvalue weighted by Gasteiger charge is 2.16. The number of hydrogen-bond acceptors (Lipinski definition) is 3. The molecule has 2 unspecified atom stereocenters. The van der Waals surface area contributed by atoms with Crippen molar-refractivity contribution in [1.82, 2.24) is 5.32 Å². The average Bonchev–Trinajstić information content (AvgIpc) is 2.35. The lowest BCUT2D eigenvalue weighted by Gasteiger charge is -2.14. The molecule has 0 bridgehead atoms. The van der Waals surface area contributed by atoms with Crippen molar-refractivity contribution < 1.29 is 9.90 Å². The molecule has 0 aliphatic carbocycles. The first kappa shape index (κ1) is 12.7. The molecule has 0 radical (unpaired) electrons. The molecule has 88 valence electrons. The minimum absolute atomic E-state index is 0.0630. The minimum Gasteiger partial charge on any atom is -0.378 e. The van der Waals surface area contributed by atoms with E-state index in [1.165, 1.54) is 0 Å². The van der Waals surface area contributed by atoms with Crippen LogP contribution in [0.4, 0.5) is 0 Å². The average molecular weight is 222 g/mol. The maximum absolute atomic E-state index is 11.5. The summed E-state index contributed by atoms with van der Waals surface area (Å²) in [5, 5.41) is 12.3. The van der Waals surface area contributed by atoms with E-state index in [9.17, 15) is 9.90 Å². The number of aliphatic hydroxyl groups excluding tert-OH is 1. The van der Waals surface area contributed by atoms with Crippen LogP contribution in [0.3, 0.4) is 0 Å². The summed E-state index contributed by atoms with van der Waals surface area (Å²) in [7, 11) is 0. The van der Waals surface area contributed by atoms with Gasteiger partial charge in [0.25, 0.3) is 5.91 Å². The summed E-state index contributed by atoms with van der Waals surface area (Å²) in [4.78, 5) is 11.5. The summed E-state index contributed by atoms with van der Waals surface area (Å²) in [6.45, 7) is 2.34. The topological polar surface area (TPSA) is 75.3 Å². The molecule has 1 amide bonds. The monoisotopic (exact) mass is 222 g/mol. The Morgan fingerprint density at radius 2 is 2.06 bits per heavy atom. The molecule has 0 saturated carbocycles. The number of nitrogens with one attached hydrogen (secondary N) is 1. The zero-order chi connectivity index (χ0) is 12.0. The van der Waals surface area contributed by atoms with E-state index in [1.54, 1.807) is 24.3 Å². The van der Waals surface area contributed by atoms with E-state index < -0.39 is 12.0 Å². The Morgan fingerprint density at radius 1 is 1.44 bits per heavy atom. The van der Waals surface area contributed by atoms with Gasteiger partial charge in [0, 0.05) is 12.6 Å². The van der Waals surface area contributed by atoms with Gasteiger partial charge >= 0.3 is 0 Å². The van der Waals surface area contributed by atoms with Crippen molar-refractivity contribution in [2.45, 2.75) is 25.5 Å². The molecule has 2 atom stereocenters. The first-order valence-corrected chi connectivity index (χ1v) is 5.41. The van der Waals surface area contributed by atoms with E-state index in [1.807, 2.05) is 13.0 Å². The number of rotatable bonds is 5. The number of amides is 1. The lowest BCUT2D eigenvalue weighted by molar-refractivity contribution is -0.129. The number of carbonyl (C=O) groups excluding carboxylic acids is 1. The van der Waals surface area contributed by atoms with Crippen LogP contribution in [0.25, 0.3) is 0 Å². The van der Waals surface area contributed by atoms with Gasteiger partial charge in [0.1, 0.15) is 0 Å². The van der Waals surface area contributed by atoms with Crippen molar-refractivity contribution in [2.75, 3.05) is 6.54 Å². The SMILES string of the molecule is CCC(N)CNC(=O)C(O)c1ccccc1. The maximum Gasteiger partial charge on any atom is 0.253 e. The van der Waals surface area contributed by atoms with Gasteiger partial charge in [-0.05, 0) is 12.0 Å². The number of benzene rings is 1. The maximum atomic E-state index is 11.5. The van der Waals surface area contributed by atoms with Crippen molar-refractivity contribution >= 4 is 5.91 Å². The fourth-order valence-electron chi connectivity index (χ4n) is 1.26. The van der Waals surface area contributed by atoms with Gasteiger partial charge in [0.05, 0.1) is 0 Å². The largest absolute Gasteiger partial charge is 0.378 e. The van der Waals surface area contributed by atoms with E-state index in [-0.39, 0.29) is 6.04 Å². The fourth-order valence-corrected chi connectivity index (χ4v) is 1.26. The smallest absolute Gasteiger partial charge is 0.253 e. The second-order valence-corrected chi connectivity index (χ2v) is 3.73. The van der Waals surface area contributed by atoms with E-state index in [2.05, 4.69) is 5.32 Å². The zero-order valence-electron chi connectivity index (χ0n) is 9.39. The number of carbonyl (C=O) groups is 1. The van der Waals surface area contributed by atoms with Gasteiger partial charge in [-0.1, -0.05) is 37.3 Å². The zero-order valence-corrected chi connectivity index (χ0v) is 9.39. The number of aliphatic hydroxyl groups is 1. The molecule has 4 heteroatoms. The summed E-state index contributed by atoms with van der Waals surface area (Å²) in [6, 6.07) is 8.76. The third-order valence-electron chi connectivity index (χ3n) is 2.43. The van der Waals surface area contributed by atoms with Crippen LogP contribution in [0.5, 0.6) is 0 Å². The molecule has 0 aliphatic rings. The van der Waals surface area contributed by atoms with Crippen molar-refractivity contribution in [3.8, 4) is 0 Å². The number of hydrogen-bond donors (Lipinski definition) is 3. The van der Waals surface area contributed by atoms with Gasteiger partial charge in [-0.15, -0.1) is 0 Å². The normalized spacial score (nSPS) is 14.2. The third kappa shape index (κ3) is 3.64. The van der Waals surface area contributed by atoms with Crippen LogP contribution in [-0.4, -0.2) is 23.6 Å². The van der Waals surface area contributed by atoms with E-state index in [4.69, 9.17) is 5.73 Å². The predicted molar refractivity (Wildman–Crippen MR) is 62.7 cm³/mol. The first-order valence-electron chi connectivity index (χ1n) is 5.41. The molecule has 1 aromatic rings. The van der Waals surface area contributed by atoms with Crippen molar-refractivity contribution in [1.29, 1.82) is 0 Å². The van der Waals surface area contributed by atoms with Gasteiger partial charge in [-0.25, -0.2) is 0 Å². The van der Waals surface area contributed by atoms with Crippen LogP contribution in [0.15, 0.2) is 30.3 Å². The highest BCUT2D eigenvalue weighted by Crippen LogP contribution is 2.11. The van der Waals surface area contributed by atoms with E-state index >= 15 is 0 Å². The molecule has 1 aromatic carbocycles.